The first kappa shape index (κ1) is 26.5. The van der Waals surface area contributed by atoms with Gasteiger partial charge in [-0.3, -0.25) is 19.8 Å². The fourth-order valence-corrected chi connectivity index (χ4v) is 5.79. The highest BCUT2D eigenvalue weighted by Crippen LogP contribution is 2.39. The second kappa shape index (κ2) is 11.8. The molecule has 1 fully saturated rings. The number of likely N-dealkylation sites (tertiary alicyclic amines) is 1. The summed E-state index contributed by atoms with van der Waals surface area (Å²) in [6.07, 6.45) is 3.58. The Morgan fingerprint density at radius 3 is 2.24 bits per heavy atom. The van der Waals surface area contributed by atoms with E-state index < -0.39 is 4.92 Å². The van der Waals surface area contributed by atoms with Crippen molar-refractivity contribution in [2.45, 2.75) is 25.8 Å². The Kier molecular flexibility index (Phi) is 7.60. The van der Waals surface area contributed by atoms with Crippen molar-refractivity contribution in [1.29, 1.82) is 0 Å². The van der Waals surface area contributed by atoms with E-state index in [0.29, 0.717) is 22.5 Å². The van der Waals surface area contributed by atoms with Crippen molar-refractivity contribution in [2.75, 3.05) is 23.7 Å². The Bertz CT molecular complexity index is 1580. The highest BCUT2D eigenvalue weighted by atomic mass is 16.6. The van der Waals surface area contributed by atoms with Crippen molar-refractivity contribution in [3.63, 3.8) is 0 Å². The topological polar surface area (TPSA) is 87.5 Å². The molecule has 4 aromatic carbocycles. The molecule has 7 heteroatoms. The van der Waals surface area contributed by atoms with Crippen molar-refractivity contribution in [2.24, 2.45) is 5.92 Å². The van der Waals surface area contributed by atoms with Gasteiger partial charge >= 0.3 is 0 Å². The zero-order chi connectivity index (χ0) is 28.2. The number of nitrogens with one attached hydrogen (secondary N) is 2. The van der Waals surface area contributed by atoms with E-state index in [4.69, 9.17) is 0 Å². The maximum absolute atomic E-state index is 13.1. The first-order valence-electron chi connectivity index (χ1n) is 14.1. The van der Waals surface area contributed by atoms with Crippen LogP contribution in [-0.2, 0) is 17.8 Å². The number of nitro benzene ring substituents is 1. The van der Waals surface area contributed by atoms with Crippen LogP contribution in [0.4, 0.5) is 17.1 Å². The van der Waals surface area contributed by atoms with E-state index in [-0.39, 0.29) is 11.6 Å². The van der Waals surface area contributed by atoms with Crippen LogP contribution in [0.3, 0.4) is 0 Å². The molecular formula is C34H32N4O3. The second-order valence-electron chi connectivity index (χ2n) is 10.8. The third kappa shape index (κ3) is 6.05. The van der Waals surface area contributed by atoms with Gasteiger partial charge in [0.1, 0.15) is 0 Å². The Morgan fingerprint density at radius 1 is 0.878 bits per heavy atom. The van der Waals surface area contributed by atoms with Gasteiger partial charge < -0.3 is 10.6 Å². The fraction of sp³-hybridized carbons (Fsp3) is 0.206. The maximum Gasteiger partial charge on any atom is 0.270 e. The lowest BCUT2D eigenvalue weighted by atomic mass is 9.90. The minimum absolute atomic E-state index is 0.0568. The fourth-order valence-electron chi connectivity index (χ4n) is 5.79. The molecule has 2 heterocycles. The van der Waals surface area contributed by atoms with Crippen molar-refractivity contribution < 1.29 is 9.72 Å². The molecule has 6 rings (SSSR count). The third-order valence-corrected chi connectivity index (χ3v) is 7.97. The lowest BCUT2D eigenvalue weighted by molar-refractivity contribution is -0.384. The van der Waals surface area contributed by atoms with Gasteiger partial charge in [0, 0.05) is 35.6 Å². The molecule has 4 aromatic rings. The Labute approximate surface area is 239 Å². The second-order valence-corrected chi connectivity index (χ2v) is 10.8. The Hall–Kier alpha value is -4.75. The van der Waals surface area contributed by atoms with E-state index in [1.165, 1.54) is 36.1 Å². The number of nitrogens with zero attached hydrogens (tertiary/aromatic N) is 2. The molecule has 7 nitrogen and oxygen atoms in total. The van der Waals surface area contributed by atoms with Gasteiger partial charge in [0.05, 0.1) is 16.2 Å². The first-order chi connectivity index (χ1) is 20.0. The summed E-state index contributed by atoms with van der Waals surface area (Å²) >= 11 is 0. The minimum Gasteiger partial charge on any atom is -0.354 e. The van der Waals surface area contributed by atoms with Crippen LogP contribution in [0.2, 0.25) is 0 Å². The predicted octanol–water partition coefficient (Wildman–Crippen LogP) is 6.98. The molecule has 0 aliphatic carbocycles. The van der Waals surface area contributed by atoms with Crippen LogP contribution in [0.15, 0.2) is 103 Å². The van der Waals surface area contributed by atoms with Gasteiger partial charge in [-0.05, 0) is 73.2 Å². The summed E-state index contributed by atoms with van der Waals surface area (Å²) in [6, 6.07) is 33.1. The normalized spacial score (nSPS) is 16.6. The van der Waals surface area contributed by atoms with E-state index >= 15 is 0 Å². The zero-order valence-electron chi connectivity index (χ0n) is 22.8. The number of amides is 1. The van der Waals surface area contributed by atoms with Gasteiger partial charge in [0.25, 0.3) is 11.6 Å². The van der Waals surface area contributed by atoms with Crippen LogP contribution in [0.5, 0.6) is 0 Å². The largest absolute Gasteiger partial charge is 0.354 e. The summed E-state index contributed by atoms with van der Waals surface area (Å²) in [4.78, 5) is 26.7. The molecule has 2 N–H and O–H groups in total. The standard InChI is InChI=1S/C34H32N4O3/c39-34-32(30-22-29(38(40)41)15-16-31(30)36-34)33(27-9-5-2-6-10-27)35-28-13-11-26(12-14-28)23-37-19-17-25(18-20-37)21-24-7-3-1-4-8-24/h1-16,22,25,35H,17-21,23H2,(H,36,39). The molecule has 1 saturated heterocycles. The number of nitro groups is 1. The number of carbonyl (C=O) groups excluding carboxylic acids is 1. The first-order valence-corrected chi connectivity index (χ1v) is 14.1. The number of hydrogen-bond acceptors (Lipinski definition) is 5. The number of hydrogen-bond donors (Lipinski definition) is 2. The number of fused-ring (bicyclic) bond motifs is 1. The van der Waals surface area contributed by atoms with Crippen LogP contribution < -0.4 is 10.6 Å². The molecule has 0 aromatic heterocycles. The molecule has 0 atom stereocenters. The Morgan fingerprint density at radius 2 is 1.56 bits per heavy atom. The zero-order valence-corrected chi connectivity index (χ0v) is 22.8. The number of non-ortho nitro benzene ring substituents is 1. The lowest BCUT2D eigenvalue weighted by Gasteiger charge is -2.32. The molecule has 1 amide bonds. The summed E-state index contributed by atoms with van der Waals surface area (Å²) in [7, 11) is 0. The average molecular weight is 545 g/mol. The van der Waals surface area contributed by atoms with Gasteiger partial charge in [-0.2, -0.15) is 0 Å². The van der Waals surface area contributed by atoms with Crippen molar-refractivity contribution in [3.05, 3.63) is 135 Å². The van der Waals surface area contributed by atoms with Crippen LogP contribution in [-0.4, -0.2) is 28.8 Å². The smallest absolute Gasteiger partial charge is 0.270 e. The number of piperidine rings is 1. The van der Waals surface area contributed by atoms with Crippen LogP contribution >= 0.6 is 0 Å². The van der Waals surface area contributed by atoms with Gasteiger partial charge in [0.2, 0.25) is 0 Å². The van der Waals surface area contributed by atoms with E-state index in [0.717, 1.165) is 43.2 Å². The van der Waals surface area contributed by atoms with Gasteiger partial charge in [-0.1, -0.05) is 72.8 Å². The van der Waals surface area contributed by atoms with E-state index in [1.807, 2.05) is 42.5 Å². The van der Waals surface area contributed by atoms with Gasteiger partial charge in [0.15, 0.2) is 0 Å². The van der Waals surface area contributed by atoms with E-state index in [9.17, 15) is 14.9 Å². The van der Waals surface area contributed by atoms with Crippen molar-refractivity contribution >= 4 is 34.2 Å². The summed E-state index contributed by atoms with van der Waals surface area (Å²) in [5.41, 5.74) is 6.34. The van der Waals surface area contributed by atoms with Crippen molar-refractivity contribution in [3.8, 4) is 0 Å². The SMILES string of the molecule is O=C1Nc2ccc([N+](=O)[O-])cc2C1=C(Nc1ccc(CN2CCC(Cc3ccccc3)CC2)cc1)c1ccccc1. The quantitative estimate of drug-likeness (QED) is 0.142. The molecule has 0 bridgehead atoms. The predicted molar refractivity (Wildman–Crippen MR) is 163 cm³/mol. The molecule has 0 radical (unpaired) electrons. The third-order valence-electron chi connectivity index (χ3n) is 7.97. The molecule has 0 unspecified atom stereocenters. The van der Waals surface area contributed by atoms with Crippen LogP contribution in [0, 0.1) is 16.0 Å². The highest BCUT2D eigenvalue weighted by Gasteiger charge is 2.30. The minimum atomic E-state index is -0.444. The van der Waals surface area contributed by atoms with E-state index in [1.54, 1.807) is 6.07 Å². The van der Waals surface area contributed by atoms with Gasteiger partial charge in [-0.25, -0.2) is 0 Å². The average Bonchev–Trinajstić information content (AvgIpc) is 3.33. The molecule has 0 saturated carbocycles. The molecule has 2 aliphatic rings. The molecule has 2 aliphatic heterocycles. The van der Waals surface area contributed by atoms with E-state index in [2.05, 4.69) is 58.0 Å². The monoisotopic (exact) mass is 544 g/mol. The van der Waals surface area contributed by atoms with Crippen molar-refractivity contribution in [1.82, 2.24) is 4.90 Å². The summed E-state index contributed by atoms with van der Waals surface area (Å²) in [6.45, 7) is 3.11. The maximum atomic E-state index is 13.1. The molecule has 0 spiro atoms. The van der Waals surface area contributed by atoms with Gasteiger partial charge in [-0.15, -0.1) is 0 Å². The summed E-state index contributed by atoms with van der Waals surface area (Å²) < 4.78 is 0. The Balaban J connectivity index is 1.18. The summed E-state index contributed by atoms with van der Waals surface area (Å²) in [5, 5.41) is 17.8. The highest BCUT2D eigenvalue weighted by molar-refractivity contribution is 6.37. The molecular weight excluding hydrogens is 512 g/mol. The molecule has 206 valence electrons. The lowest BCUT2D eigenvalue weighted by Crippen LogP contribution is -2.33. The molecule has 41 heavy (non-hydrogen) atoms. The number of anilines is 2. The number of carbonyl (C=O) groups is 1. The number of benzene rings is 4. The summed E-state index contributed by atoms with van der Waals surface area (Å²) in [5.74, 6) is 0.447. The number of rotatable bonds is 8. The van der Waals surface area contributed by atoms with Crippen LogP contribution in [0.1, 0.15) is 35.1 Å². The van der Waals surface area contributed by atoms with Crippen LogP contribution in [0.25, 0.3) is 11.3 Å².